The van der Waals surface area contributed by atoms with Gasteiger partial charge in [0.25, 0.3) is 0 Å². The number of guanidine groups is 1. The molecule has 9 heteroatoms. The molecule has 0 aliphatic carbocycles. The molecule has 28 heavy (non-hydrogen) atoms. The van der Waals surface area contributed by atoms with Gasteiger partial charge in [0.05, 0.1) is 12.6 Å². The number of nitrogens with zero attached hydrogens (tertiary/aromatic N) is 2. The monoisotopic (exact) mass is 506 g/mol. The van der Waals surface area contributed by atoms with Crippen LogP contribution in [0.5, 0.6) is 5.75 Å². The lowest BCUT2D eigenvalue weighted by atomic mass is 10.1. The minimum absolute atomic E-state index is 0. The van der Waals surface area contributed by atoms with Crippen molar-refractivity contribution >= 4 is 29.9 Å². The van der Waals surface area contributed by atoms with Crippen LogP contribution in [0.15, 0.2) is 47.7 Å². The van der Waals surface area contributed by atoms with Gasteiger partial charge in [0.1, 0.15) is 5.75 Å². The van der Waals surface area contributed by atoms with Crippen molar-refractivity contribution in [1.29, 1.82) is 0 Å². The van der Waals surface area contributed by atoms with Crippen LogP contribution in [0.25, 0.3) is 0 Å². The third kappa shape index (κ3) is 7.93. The molecule has 0 amide bonds. The Morgan fingerprint density at radius 2 is 1.93 bits per heavy atom. The highest BCUT2D eigenvalue weighted by atomic mass is 127. The molecule has 0 spiro atoms. The smallest absolute Gasteiger partial charge is 0.387 e. The van der Waals surface area contributed by atoms with Crippen molar-refractivity contribution in [3.8, 4) is 5.75 Å². The molecule has 2 rings (SSSR count). The molecule has 0 saturated heterocycles. The van der Waals surface area contributed by atoms with Gasteiger partial charge in [0.15, 0.2) is 5.96 Å². The van der Waals surface area contributed by atoms with Crippen molar-refractivity contribution in [3.63, 3.8) is 0 Å². The first kappa shape index (κ1) is 24.0. The zero-order valence-corrected chi connectivity index (χ0v) is 18.1. The zero-order chi connectivity index (χ0) is 19.6. The summed E-state index contributed by atoms with van der Waals surface area (Å²) in [5, 5.41) is 16.3. The van der Waals surface area contributed by atoms with Gasteiger partial charge in [-0.15, -0.1) is 24.0 Å². The maximum atomic E-state index is 12.6. The third-order valence-electron chi connectivity index (χ3n) is 3.74. The predicted octanol–water partition coefficient (Wildman–Crippen LogP) is 3.40. The predicted molar refractivity (Wildman–Crippen MR) is 115 cm³/mol. The summed E-state index contributed by atoms with van der Waals surface area (Å²) in [7, 11) is 0. The largest absolute Gasteiger partial charge is 0.434 e. The number of hydrogen-bond donors (Lipinski definition) is 3. The van der Waals surface area contributed by atoms with E-state index in [0.29, 0.717) is 18.1 Å². The van der Waals surface area contributed by atoms with E-state index in [0.717, 1.165) is 11.1 Å². The highest BCUT2D eigenvalue weighted by molar-refractivity contribution is 14.0. The van der Waals surface area contributed by atoms with Crippen molar-refractivity contribution in [3.05, 3.63) is 59.4 Å². The fraction of sp³-hybridized carbons (Fsp3) is 0.368. The number of halogens is 3. The Balaban J connectivity index is 0.00000392. The van der Waals surface area contributed by atoms with Gasteiger partial charge in [-0.05, 0) is 37.6 Å². The number of ether oxygens (including phenoxy) is 1. The molecular weight excluding hydrogens is 481 g/mol. The molecule has 0 saturated carbocycles. The van der Waals surface area contributed by atoms with E-state index in [4.69, 9.17) is 0 Å². The van der Waals surface area contributed by atoms with Gasteiger partial charge < -0.3 is 20.5 Å². The molecule has 0 fully saturated rings. The zero-order valence-electron chi connectivity index (χ0n) is 15.7. The Labute approximate surface area is 180 Å². The van der Waals surface area contributed by atoms with E-state index in [1.165, 1.54) is 6.07 Å². The maximum Gasteiger partial charge on any atom is 0.387 e. The first-order valence-electron chi connectivity index (χ1n) is 8.64. The molecule has 0 aliphatic rings. The summed E-state index contributed by atoms with van der Waals surface area (Å²) in [5.41, 5.74) is 2.22. The van der Waals surface area contributed by atoms with Crippen molar-refractivity contribution in [2.45, 2.75) is 33.1 Å². The lowest BCUT2D eigenvalue weighted by Crippen LogP contribution is -2.39. The average Bonchev–Trinajstić information content (AvgIpc) is 2.66. The fourth-order valence-corrected chi connectivity index (χ4v) is 2.45. The molecule has 3 N–H and O–H groups in total. The number of aryl methyl sites for hydroxylation is 1. The topological polar surface area (TPSA) is 78.8 Å². The quantitative estimate of drug-likeness (QED) is 0.291. The van der Waals surface area contributed by atoms with E-state index in [9.17, 15) is 13.9 Å². The summed E-state index contributed by atoms with van der Waals surface area (Å²) in [4.78, 5) is 8.32. The van der Waals surface area contributed by atoms with Crippen molar-refractivity contribution < 1.29 is 18.6 Å². The van der Waals surface area contributed by atoms with Crippen LogP contribution in [0.2, 0.25) is 0 Å². The molecule has 154 valence electrons. The lowest BCUT2D eigenvalue weighted by molar-refractivity contribution is -0.0504. The fourth-order valence-electron chi connectivity index (χ4n) is 2.45. The molecule has 0 aliphatic heterocycles. The van der Waals surface area contributed by atoms with Crippen molar-refractivity contribution in [2.24, 2.45) is 4.99 Å². The molecule has 2 aromatic rings. The van der Waals surface area contributed by atoms with Gasteiger partial charge >= 0.3 is 6.61 Å². The number of aliphatic hydroxyl groups is 1. The second kappa shape index (κ2) is 12.4. The number of rotatable bonds is 8. The van der Waals surface area contributed by atoms with E-state index < -0.39 is 12.7 Å². The van der Waals surface area contributed by atoms with Crippen LogP contribution in [0.1, 0.15) is 29.7 Å². The van der Waals surface area contributed by atoms with E-state index in [1.54, 1.807) is 36.7 Å². The normalized spacial score (nSPS) is 12.3. The summed E-state index contributed by atoms with van der Waals surface area (Å²) in [6, 6.07) is 8.45. The van der Waals surface area contributed by atoms with Gasteiger partial charge in [-0.25, -0.2) is 4.99 Å². The summed E-state index contributed by atoms with van der Waals surface area (Å²) in [6.07, 6.45) is 2.49. The van der Waals surface area contributed by atoms with Crippen LogP contribution in [0.4, 0.5) is 8.78 Å². The van der Waals surface area contributed by atoms with Gasteiger partial charge in [-0.1, -0.05) is 17.7 Å². The Bertz CT molecular complexity index is 748. The minimum atomic E-state index is -2.89. The highest BCUT2D eigenvalue weighted by Gasteiger charge is 2.11. The Morgan fingerprint density at radius 1 is 1.21 bits per heavy atom. The Hall–Kier alpha value is -2.01. The van der Waals surface area contributed by atoms with E-state index in [1.807, 2.05) is 13.8 Å². The first-order chi connectivity index (χ1) is 13.0. The van der Waals surface area contributed by atoms with E-state index in [2.05, 4.69) is 25.3 Å². The highest BCUT2D eigenvalue weighted by Crippen LogP contribution is 2.23. The number of aliphatic imine (C=N–C) groups is 1. The third-order valence-corrected chi connectivity index (χ3v) is 3.74. The Morgan fingerprint density at radius 3 is 2.57 bits per heavy atom. The molecule has 1 aromatic carbocycles. The van der Waals surface area contributed by atoms with Gasteiger partial charge in [-0.2, -0.15) is 8.78 Å². The molecular formula is C19H25F2IN4O2. The second-order valence-electron chi connectivity index (χ2n) is 5.86. The minimum Gasteiger partial charge on any atom is -0.434 e. The van der Waals surface area contributed by atoms with Crippen molar-refractivity contribution in [2.75, 3.05) is 13.1 Å². The maximum absolute atomic E-state index is 12.6. The summed E-state index contributed by atoms with van der Waals surface area (Å²) in [6.45, 7) is 1.90. The standard InChI is InChI=1S/C19H24F2N4O2.HI/c1-3-23-19(25-12-16(26)14-6-8-22-9-7-14)24-11-15-10-13(2)4-5-17(15)27-18(20)21;/h4-10,16,18,26H,3,11-12H2,1-2H3,(H2,23,24,25);1H. The number of nitrogens with one attached hydrogen (secondary N) is 2. The lowest BCUT2D eigenvalue weighted by Gasteiger charge is -2.16. The number of benzene rings is 1. The van der Waals surface area contributed by atoms with Crippen LogP contribution in [0.3, 0.4) is 0 Å². The van der Waals surface area contributed by atoms with Crippen molar-refractivity contribution in [1.82, 2.24) is 15.6 Å². The van der Waals surface area contributed by atoms with Crippen LogP contribution >= 0.6 is 24.0 Å². The molecule has 1 heterocycles. The number of hydrogen-bond acceptors (Lipinski definition) is 4. The second-order valence-corrected chi connectivity index (χ2v) is 5.86. The van der Waals surface area contributed by atoms with Crippen LogP contribution in [-0.2, 0) is 6.54 Å². The molecule has 6 nitrogen and oxygen atoms in total. The van der Waals surface area contributed by atoms with E-state index >= 15 is 0 Å². The summed E-state index contributed by atoms with van der Waals surface area (Å²) >= 11 is 0. The van der Waals surface area contributed by atoms with Gasteiger partial charge in [-0.3, -0.25) is 4.98 Å². The molecule has 1 atom stereocenters. The number of aliphatic hydroxyl groups excluding tert-OH is 1. The number of pyridine rings is 1. The molecule has 1 unspecified atom stereocenters. The Kier molecular flexibility index (Phi) is 10.7. The van der Waals surface area contributed by atoms with Gasteiger partial charge in [0.2, 0.25) is 0 Å². The average molecular weight is 506 g/mol. The SMILES string of the molecule is CCNC(=NCc1cc(C)ccc1OC(F)F)NCC(O)c1ccncc1.I. The van der Waals surface area contributed by atoms with Crippen LogP contribution in [-0.4, -0.2) is 35.8 Å². The molecule has 1 aromatic heterocycles. The molecule has 0 bridgehead atoms. The molecule has 0 radical (unpaired) electrons. The first-order valence-corrected chi connectivity index (χ1v) is 8.64. The number of alkyl halides is 2. The summed E-state index contributed by atoms with van der Waals surface area (Å²) < 4.78 is 29.7. The summed E-state index contributed by atoms with van der Waals surface area (Å²) in [5.74, 6) is 0.571. The van der Waals surface area contributed by atoms with E-state index in [-0.39, 0.29) is 42.8 Å². The van der Waals surface area contributed by atoms with Crippen LogP contribution in [0, 0.1) is 6.92 Å². The number of aromatic nitrogens is 1. The van der Waals surface area contributed by atoms with Gasteiger partial charge in [0, 0.05) is 31.0 Å². The van der Waals surface area contributed by atoms with Crippen LogP contribution < -0.4 is 15.4 Å².